The van der Waals surface area contributed by atoms with E-state index >= 15 is 0 Å². The van der Waals surface area contributed by atoms with Gasteiger partial charge in [-0.05, 0) is 29.8 Å². The molecule has 2 rings (SSSR count). The second-order valence-electron chi connectivity index (χ2n) is 3.66. The van der Waals surface area contributed by atoms with Gasteiger partial charge < -0.3 is 0 Å². The molecule has 0 spiro atoms. The van der Waals surface area contributed by atoms with Gasteiger partial charge in [-0.2, -0.15) is 5.10 Å². The van der Waals surface area contributed by atoms with Crippen LogP contribution in [0.1, 0.15) is 5.56 Å². The van der Waals surface area contributed by atoms with Gasteiger partial charge in [0.2, 0.25) is 0 Å². The van der Waals surface area contributed by atoms with Crippen LogP contribution in [0, 0.1) is 5.82 Å². The Morgan fingerprint density at radius 2 is 1.65 bits per heavy atom. The molecule has 0 heterocycles. The topological polar surface area (TPSA) is 15.6 Å². The molecule has 0 fully saturated rings. The predicted molar refractivity (Wildman–Crippen MR) is 68.8 cm³/mol. The van der Waals surface area contributed by atoms with Crippen LogP contribution in [0.25, 0.3) is 0 Å². The Balaban J connectivity index is 2.09. The van der Waals surface area contributed by atoms with Crippen LogP contribution in [-0.2, 0) is 0 Å². The summed E-state index contributed by atoms with van der Waals surface area (Å²) in [6.45, 7) is 0. The third-order valence-electron chi connectivity index (χ3n) is 2.38. The highest BCUT2D eigenvalue weighted by molar-refractivity contribution is 5.80. The van der Waals surface area contributed by atoms with E-state index < -0.39 is 0 Å². The van der Waals surface area contributed by atoms with Gasteiger partial charge in [0.1, 0.15) is 5.82 Å². The smallest absolute Gasteiger partial charge is 0.123 e. The van der Waals surface area contributed by atoms with Gasteiger partial charge in [-0.1, -0.05) is 30.3 Å². The van der Waals surface area contributed by atoms with Crippen molar-refractivity contribution in [2.24, 2.45) is 5.10 Å². The first-order valence-electron chi connectivity index (χ1n) is 5.34. The number of benzene rings is 2. The van der Waals surface area contributed by atoms with E-state index in [0.717, 1.165) is 11.3 Å². The summed E-state index contributed by atoms with van der Waals surface area (Å²) in [6.07, 6.45) is 1.77. The van der Waals surface area contributed by atoms with Gasteiger partial charge in [0.25, 0.3) is 0 Å². The molecule has 17 heavy (non-hydrogen) atoms. The van der Waals surface area contributed by atoms with Crippen LogP contribution in [0.2, 0.25) is 0 Å². The van der Waals surface area contributed by atoms with E-state index in [2.05, 4.69) is 5.10 Å². The van der Waals surface area contributed by atoms with Crippen LogP contribution in [-0.4, -0.2) is 13.3 Å². The molecule has 0 atom stereocenters. The SMILES string of the molecule is CN(N=Cc1ccccc1)c1ccc(F)cc1. The number of hydrogen-bond acceptors (Lipinski definition) is 2. The monoisotopic (exact) mass is 228 g/mol. The molecule has 2 aromatic rings. The summed E-state index contributed by atoms with van der Waals surface area (Å²) < 4.78 is 12.7. The first-order valence-corrected chi connectivity index (χ1v) is 5.34. The Morgan fingerprint density at radius 3 is 2.29 bits per heavy atom. The number of nitrogens with zero attached hydrogens (tertiary/aromatic N) is 2. The Labute approximate surface area is 100 Å². The zero-order valence-electron chi connectivity index (χ0n) is 9.55. The molecule has 0 N–H and O–H groups in total. The molecule has 0 aliphatic heterocycles. The van der Waals surface area contributed by atoms with Gasteiger partial charge in [0, 0.05) is 7.05 Å². The van der Waals surface area contributed by atoms with Crippen molar-refractivity contribution in [1.29, 1.82) is 0 Å². The molecular formula is C14H13FN2. The molecule has 0 unspecified atom stereocenters. The molecule has 2 nitrogen and oxygen atoms in total. The molecule has 0 aliphatic carbocycles. The van der Waals surface area contributed by atoms with Gasteiger partial charge in [-0.15, -0.1) is 0 Å². The zero-order valence-corrected chi connectivity index (χ0v) is 9.55. The van der Waals surface area contributed by atoms with Crippen molar-refractivity contribution >= 4 is 11.9 Å². The van der Waals surface area contributed by atoms with E-state index in [-0.39, 0.29) is 5.82 Å². The summed E-state index contributed by atoms with van der Waals surface area (Å²) in [6, 6.07) is 16.0. The van der Waals surface area contributed by atoms with Crippen molar-refractivity contribution in [2.45, 2.75) is 0 Å². The van der Waals surface area contributed by atoms with Crippen LogP contribution < -0.4 is 5.01 Å². The van der Waals surface area contributed by atoms with Gasteiger partial charge >= 0.3 is 0 Å². The molecular weight excluding hydrogens is 215 g/mol. The van der Waals surface area contributed by atoms with Gasteiger partial charge in [-0.3, -0.25) is 5.01 Å². The first-order chi connectivity index (χ1) is 8.25. The third-order valence-corrected chi connectivity index (χ3v) is 2.38. The average Bonchev–Trinajstić information content (AvgIpc) is 2.38. The highest BCUT2D eigenvalue weighted by atomic mass is 19.1. The molecule has 0 radical (unpaired) electrons. The van der Waals surface area contributed by atoms with Crippen molar-refractivity contribution < 1.29 is 4.39 Å². The minimum Gasteiger partial charge on any atom is -0.269 e. The fourth-order valence-electron chi connectivity index (χ4n) is 1.42. The molecule has 0 aliphatic rings. The number of rotatable bonds is 3. The van der Waals surface area contributed by atoms with Gasteiger partial charge in [0.15, 0.2) is 0 Å². The summed E-state index contributed by atoms with van der Waals surface area (Å²) in [5, 5.41) is 5.98. The Kier molecular flexibility index (Phi) is 3.50. The normalized spacial score (nSPS) is 10.7. The Morgan fingerprint density at radius 1 is 1.00 bits per heavy atom. The van der Waals surface area contributed by atoms with E-state index in [1.165, 1.54) is 12.1 Å². The van der Waals surface area contributed by atoms with Gasteiger partial charge in [0.05, 0.1) is 11.9 Å². The van der Waals surface area contributed by atoms with E-state index in [1.54, 1.807) is 23.4 Å². The minimum atomic E-state index is -0.241. The lowest BCUT2D eigenvalue weighted by molar-refractivity contribution is 0.627. The Bertz CT molecular complexity index is 491. The maximum Gasteiger partial charge on any atom is 0.123 e. The third kappa shape index (κ3) is 3.14. The zero-order chi connectivity index (χ0) is 12.1. The van der Waals surface area contributed by atoms with E-state index in [9.17, 15) is 4.39 Å². The largest absolute Gasteiger partial charge is 0.269 e. The molecule has 3 heteroatoms. The van der Waals surface area contributed by atoms with Crippen LogP contribution in [0.15, 0.2) is 59.7 Å². The fourth-order valence-corrected chi connectivity index (χ4v) is 1.42. The van der Waals surface area contributed by atoms with Crippen LogP contribution >= 0.6 is 0 Å². The van der Waals surface area contributed by atoms with Crippen molar-refractivity contribution in [3.63, 3.8) is 0 Å². The summed E-state index contributed by atoms with van der Waals surface area (Å²) in [7, 11) is 1.83. The van der Waals surface area contributed by atoms with Crippen molar-refractivity contribution in [3.8, 4) is 0 Å². The number of hydrogen-bond donors (Lipinski definition) is 0. The molecule has 0 aromatic heterocycles. The van der Waals surface area contributed by atoms with Crippen LogP contribution in [0.4, 0.5) is 10.1 Å². The highest BCUT2D eigenvalue weighted by Crippen LogP contribution is 2.13. The van der Waals surface area contributed by atoms with Crippen molar-refractivity contribution in [1.82, 2.24) is 0 Å². The minimum absolute atomic E-state index is 0.241. The summed E-state index contributed by atoms with van der Waals surface area (Å²) in [5.41, 5.74) is 1.88. The maximum atomic E-state index is 12.7. The lowest BCUT2D eigenvalue weighted by Crippen LogP contribution is -2.08. The maximum absolute atomic E-state index is 12.7. The van der Waals surface area contributed by atoms with Gasteiger partial charge in [-0.25, -0.2) is 4.39 Å². The van der Waals surface area contributed by atoms with E-state index in [1.807, 2.05) is 37.4 Å². The second kappa shape index (κ2) is 5.25. The van der Waals surface area contributed by atoms with Crippen LogP contribution in [0.5, 0.6) is 0 Å². The van der Waals surface area contributed by atoms with Crippen molar-refractivity contribution in [3.05, 3.63) is 66.0 Å². The molecule has 2 aromatic carbocycles. The molecule has 86 valence electrons. The van der Waals surface area contributed by atoms with Crippen LogP contribution in [0.3, 0.4) is 0 Å². The fraction of sp³-hybridized carbons (Fsp3) is 0.0714. The number of halogens is 1. The number of anilines is 1. The summed E-state index contributed by atoms with van der Waals surface area (Å²) in [4.78, 5) is 0. The quantitative estimate of drug-likeness (QED) is 0.581. The lowest BCUT2D eigenvalue weighted by Gasteiger charge is -2.12. The highest BCUT2D eigenvalue weighted by Gasteiger charge is 1.97. The average molecular weight is 228 g/mol. The first kappa shape index (κ1) is 11.3. The molecule has 0 saturated heterocycles. The predicted octanol–water partition coefficient (Wildman–Crippen LogP) is 3.30. The molecule has 0 amide bonds. The Hall–Kier alpha value is -2.16. The standard InChI is InChI=1S/C14H13FN2/c1-17(14-9-7-13(15)8-10-14)16-11-12-5-3-2-4-6-12/h2-11H,1H3. The summed E-state index contributed by atoms with van der Waals surface area (Å²) >= 11 is 0. The van der Waals surface area contributed by atoms with Crippen molar-refractivity contribution in [2.75, 3.05) is 12.1 Å². The molecule has 0 bridgehead atoms. The second-order valence-corrected chi connectivity index (χ2v) is 3.66. The van der Waals surface area contributed by atoms with E-state index in [0.29, 0.717) is 0 Å². The molecule has 0 saturated carbocycles. The summed E-state index contributed by atoms with van der Waals surface area (Å²) in [5.74, 6) is -0.241. The lowest BCUT2D eigenvalue weighted by atomic mass is 10.2. The van der Waals surface area contributed by atoms with E-state index in [4.69, 9.17) is 0 Å². The number of hydrazone groups is 1.